The van der Waals surface area contributed by atoms with Crippen molar-refractivity contribution in [3.8, 4) is 0 Å². The summed E-state index contributed by atoms with van der Waals surface area (Å²) in [6.07, 6.45) is 3.18. The molecule has 0 aromatic heterocycles. The zero-order valence-corrected chi connectivity index (χ0v) is 24.6. The van der Waals surface area contributed by atoms with Gasteiger partial charge in [-0.3, -0.25) is 13.9 Å². The molecule has 0 saturated heterocycles. The fraction of sp³-hybridized carbons (Fsp3) is 0.462. The van der Waals surface area contributed by atoms with E-state index in [-0.39, 0.29) is 37.7 Å². The van der Waals surface area contributed by atoms with Gasteiger partial charge in [-0.2, -0.15) is 0 Å². The molecule has 2 aromatic rings. The Morgan fingerprint density at radius 3 is 2.35 bits per heavy atom. The van der Waals surface area contributed by atoms with Crippen molar-refractivity contribution in [3.63, 3.8) is 0 Å². The van der Waals surface area contributed by atoms with Crippen molar-refractivity contribution in [1.29, 1.82) is 0 Å². The maximum atomic E-state index is 13.4. The lowest BCUT2D eigenvalue weighted by molar-refractivity contribution is -0.140. The predicted molar refractivity (Wildman–Crippen MR) is 152 cm³/mol. The minimum absolute atomic E-state index is 0.0412. The first-order valence-electron chi connectivity index (χ1n) is 12.1. The van der Waals surface area contributed by atoms with Crippen LogP contribution in [0.3, 0.4) is 0 Å². The highest BCUT2D eigenvalue weighted by Gasteiger charge is 2.27. The summed E-state index contributed by atoms with van der Waals surface area (Å²) in [4.78, 5) is 27.6. The highest BCUT2D eigenvalue weighted by atomic mass is 35.5. The van der Waals surface area contributed by atoms with E-state index in [9.17, 15) is 18.0 Å². The predicted octanol–water partition coefficient (Wildman–Crippen LogP) is 5.84. The number of hydrogen-bond donors (Lipinski definition) is 1. The maximum Gasteiger partial charge on any atom is 0.242 e. The van der Waals surface area contributed by atoms with Gasteiger partial charge in [0.25, 0.3) is 0 Å². The number of anilines is 1. The molecule has 0 heterocycles. The first kappa shape index (κ1) is 31.2. The zero-order chi connectivity index (χ0) is 27.8. The quantitative estimate of drug-likeness (QED) is 0.297. The normalized spacial score (nSPS) is 12.2. The Labute approximate surface area is 235 Å². The van der Waals surface area contributed by atoms with Crippen LogP contribution in [0.1, 0.15) is 50.7 Å². The van der Waals surface area contributed by atoms with Crippen LogP contribution in [0.15, 0.2) is 36.4 Å². The number of rotatable bonds is 13. The summed E-state index contributed by atoms with van der Waals surface area (Å²) in [6, 6.07) is 9.39. The highest BCUT2D eigenvalue weighted by molar-refractivity contribution is 7.92. The van der Waals surface area contributed by atoms with Crippen LogP contribution < -0.4 is 9.62 Å². The van der Waals surface area contributed by atoms with E-state index in [0.717, 1.165) is 24.7 Å². The van der Waals surface area contributed by atoms with Gasteiger partial charge in [0.05, 0.1) is 22.0 Å². The largest absolute Gasteiger partial charge is 0.354 e. The van der Waals surface area contributed by atoms with Gasteiger partial charge < -0.3 is 10.2 Å². The van der Waals surface area contributed by atoms with E-state index in [1.807, 2.05) is 6.92 Å². The number of hydrogen-bond acceptors (Lipinski definition) is 4. The number of carbonyl (C=O) groups excluding carboxylic acids is 2. The average molecular weight is 591 g/mol. The first-order chi connectivity index (χ1) is 17.4. The fourth-order valence-electron chi connectivity index (χ4n) is 3.80. The monoisotopic (exact) mass is 589 g/mol. The van der Waals surface area contributed by atoms with E-state index >= 15 is 0 Å². The van der Waals surface area contributed by atoms with Gasteiger partial charge in [-0.05, 0) is 62.1 Å². The fourth-order valence-corrected chi connectivity index (χ4v) is 5.31. The number of amides is 2. The van der Waals surface area contributed by atoms with Gasteiger partial charge in [-0.1, -0.05) is 60.3 Å². The summed E-state index contributed by atoms with van der Waals surface area (Å²) in [5.41, 5.74) is 1.83. The van der Waals surface area contributed by atoms with Crippen LogP contribution in [-0.2, 0) is 26.2 Å². The van der Waals surface area contributed by atoms with Crippen molar-refractivity contribution in [2.24, 2.45) is 0 Å². The SMILES string of the molecule is CCCCNC(=O)[C@H](C)N(Cc1ccc(Cl)c(Cl)c1)C(=O)CCCN(c1cccc(Cl)c1C)S(C)(=O)=O. The van der Waals surface area contributed by atoms with Crippen LogP contribution in [-0.4, -0.2) is 50.5 Å². The van der Waals surface area contributed by atoms with E-state index in [4.69, 9.17) is 34.8 Å². The Bertz CT molecular complexity index is 1210. The van der Waals surface area contributed by atoms with Crippen molar-refractivity contribution < 1.29 is 18.0 Å². The Morgan fingerprint density at radius 2 is 1.73 bits per heavy atom. The molecule has 0 aliphatic carbocycles. The number of carbonyl (C=O) groups is 2. The third kappa shape index (κ3) is 9.06. The molecule has 2 amide bonds. The van der Waals surface area contributed by atoms with Crippen LogP contribution in [0, 0.1) is 6.92 Å². The van der Waals surface area contributed by atoms with Gasteiger partial charge in [0, 0.05) is 31.1 Å². The number of halogens is 3. The third-order valence-electron chi connectivity index (χ3n) is 5.99. The van der Waals surface area contributed by atoms with Gasteiger partial charge >= 0.3 is 0 Å². The summed E-state index contributed by atoms with van der Waals surface area (Å²) in [5, 5.41) is 4.08. The van der Waals surface area contributed by atoms with Crippen molar-refractivity contribution >= 4 is 62.3 Å². The smallest absolute Gasteiger partial charge is 0.242 e. The number of benzene rings is 2. The molecule has 37 heavy (non-hydrogen) atoms. The molecule has 0 bridgehead atoms. The van der Waals surface area contributed by atoms with Crippen LogP contribution in [0.4, 0.5) is 5.69 Å². The van der Waals surface area contributed by atoms with E-state index in [1.165, 1.54) is 9.21 Å². The maximum absolute atomic E-state index is 13.4. The first-order valence-corrected chi connectivity index (χ1v) is 15.1. The standard InChI is InChI=1S/C26H34Cl3N3O4S/c1-5-6-14-30-26(34)19(3)31(17-20-12-13-22(28)23(29)16-20)25(33)11-8-15-32(37(4,35)36)24-10-7-9-21(27)18(24)2/h7,9-10,12-13,16,19H,5-6,8,11,14-15,17H2,1-4H3,(H,30,34)/t19-/m0/s1. The van der Waals surface area contributed by atoms with E-state index in [2.05, 4.69) is 5.32 Å². The van der Waals surface area contributed by atoms with Gasteiger partial charge in [-0.25, -0.2) is 8.42 Å². The molecule has 1 N–H and O–H groups in total. The summed E-state index contributed by atoms with van der Waals surface area (Å²) in [5.74, 6) is -0.533. The van der Waals surface area contributed by atoms with E-state index < -0.39 is 16.1 Å². The molecule has 0 radical (unpaired) electrons. The van der Waals surface area contributed by atoms with Gasteiger partial charge in [0.2, 0.25) is 21.8 Å². The summed E-state index contributed by atoms with van der Waals surface area (Å²) < 4.78 is 26.3. The molecule has 204 valence electrons. The second-order valence-electron chi connectivity index (χ2n) is 8.91. The minimum Gasteiger partial charge on any atom is -0.354 e. The van der Waals surface area contributed by atoms with Crippen LogP contribution >= 0.6 is 34.8 Å². The molecule has 1 atom stereocenters. The van der Waals surface area contributed by atoms with Crippen LogP contribution in [0.25, 0.3) is 0 Å². The van der Waals surface area contributed by atoms with Crippen LogP contribution in [0.2, 0.25) is 15.1 Å². The lowest BCUT2D eigenvalue weighted by atomic mass is 10.1. The molecule has 0 unspecified atom stereocenters. The van der Waals surface area contributed by atoms with E-state index in [1.54, 1.807) is 50.2 Å². The number of sulfonamides is 1. The molecule has 0 aliphatic heterocycles. The lowest BCUT2D eigenvalue weighted by Gasteiger charge is -2.30. The molecular weight excluding hydrogens is 557 g/mol. The molecule has 0 spiro atoms. The third-order valence-corrected chi connectivity index (χ3v) is 8.32. The lowest BCUT2D eigenvalue weighted by Crippen LogP contribution is -2.48. The second-order valence-corrected chi connectivity index (χ2v) is 12.0. The van der Waals surface area contributed by atoms with Crippen molar-refractivity contribution in [2.75, 3.05) is 23.7 Å². The Morgan fingerprint density at radius 1 is 1.03 bits per heavy atom. The summed E-state index contributed by atoms with van der Waals surface area (Å²) >= 11 is 18.4. The van der Waals surface area contributed by atoms with Crippen LogP contribution in [0.5, 0.6) is 0 Å². The number of unbranched alkanes of at least 4 members (excludes halogenated alkanes) is 1. The van der Waals surface area contributed by atoms with Gasteiger partial charge in [0.15, 0.2) is 0 Å². The van der Waals surface area contributed by atoms with Crippen molar-refractivity contribution in [2.45, 2.75) is 59.0 Å². The van der Waals surface area contributed by atoms with Gasteiger partial charge in [0.1, 0.15) is 6.04 Å². The minimum atomic E-state index is -3.62. The number of nitrogens with zero attached hydrogens (tertiary/aromatic N) is 2. The Kier molecular flexibility index (Phi) is 12.0. The number of nitrogens with one attached hydrogen (secondary N) is 1. The molecule has 0 saturated carbocycles. The average Bonchev–Trinajstić information content (AvgIpc) is 2.83. The van der Waals surface area contributed by atoms with Crippen molar-refractivity contribution in [3.05, 3.63) is 62.6 Å². The topological polar surface area (TPSA) is 86.8 Å². The Balaban J connectivity index is 2.21. The summed E-state index contributed by atoms with van der Waals surface area (Å²) in [6.45, 7) is 6.22. The summed E-state index contributed by atoms with van der Waals surface area (Å²) in [7, 11) is -3.62. The zero-order valence-electron chi connectivity index (χ0n) is 21.6. The molecule has 0 aliphatic rings. The highest BCUT2D eigenvalue weighted by Crippen LogP contribution is 2.29. The molecule has 7 nitrogen and oxygen atoms in total. The molecular formula is C26H34Cl3N3O4S. The van der Waals surface area contributed by atoms with Gasteiger partial charge in [-0.15, -0.1) is 0 Å². The molecule has 11 heteroatoms. The molecule has 2 aromatic carbocycles. The molecule has 2 rings (SSSR count). The van der Waals surface area contributed by atoms with Crippen molar-refractivity contribution in [1.82, 2.24) is 10.2 Å². The Hall–Kier alpha value is -2.00. The molecule has 0 fully saturated rings. The second kappa shape index (κ2) is 14.2. The van der Waals surface area contributed by atoms with E-state index in [0.29, 0.717) is 32.9 Å².